The molecular weight excluding hydrogens is 111 g/mol. The third-order valence-corrected chi connectivity index (χ3v) is 1.41. The summed E-state index contributed by atoms with van der Waals surface area (Å²) >= 11 is 0. The topological polar surface area (TPSA) is 9.23 Å². The smallest absolute Gasteiger partial charge is 0.107 e. The van der Waals surface area contributed by atoms with Gasteiger partial charge in [0.05, 0.1) is 6.10 Å². The maximum atomic E-state index is 5.45. The highest BCUT2D eigenvalue weighted by molar-refractivity contribution is 6.21. The van der Waals surface area contributed by atoms with Crippen molar-refractivity contribution in [2.75, 3.05) is 6.61 Å². The molecule has 1 nitrogen and oxygen atoms in total. The standard InChI is InChI=1S/C7H11BO/c1-6(8)5-7-3-2-4-9-7/h5,7H,2-4H2,1H3/b6-5-. The van der Waals surface area contributed by atoms with E-state index in [1.165, 1.54) is 6.42 Å². The molecule has 1 heterocycles. The van der Waals surface area contributed by atoms with Crippen LogP contribution in [-0.4, -0.2) is 20.6 Å². The number of hydrogen-bond donors (Lipinski definition) is 0. The van der Waals surface area contributed by atoms with Crippen molar-refractivity contribution < 1.29 is 4.74 Å². The van der Waals surface area contributed by atoms with Crippen LogP contribution in [0.25, 0.3) is 0 Å². The molecule has 1 fully saturated rings. The Hall–Kier alpha value is -0.235. The van der Waals surface area contributed by atoms with Crippen molar-refractivity contribution in [3.8, 4) is 0 Å². The zero-order chi connectivity index (χ0) is 6.69. The van der Waals surface area contributed by atoms with E-state index in [0.717, 1.165) is 18.5 Å². The van der Waals surface area contributed by atoms with Crippen molar-refractivity contribution in [3.05, 3.63) is 11.5 Å². The van der Waals surface area contributed by atoms with E-state index in [4.69, 9.17) is 12.6 Å². The molecule has 0 aromatic heterocycles. The summed E-state index contributed by atoms with van der Waals surface area (Å²) in [6.45, 7) is 2.79. The molecule has 0 N–H and O–H groups in total. The van der Waals surface area contributed by atoms with Gasteiger partial charge in [0.2, 0.25) is 0 Å². The van der Waals surface area contributed by atoms with Crippen molar-refractivity contribution in [2.24, 2.45) is 0 Å². The number of ether oxygens (including phenoxy) is 1. The fourth-order valence-corrected chi connectivity index (χ4v) is 1.03. The average molecular weight is 122 g/mol. The van der Waals surface area contributed by atoms with Gasteiger partial charge in [-0.2, -0.15) is 0 Å². The maximum absolute atomic E-state index is 5.45. The van der Waals surface area contributed by atoms with Gasteiger partial charge in [0.15, 0.2) is 0 Å². The first kappa shape index (κ1) is 6.88. The van der Waals surface area contributed by atoms with Crippen LogP contribution in [0.4, 0.5) is 0 Å². The maximum Gasteiger partial charge on any atom is 0.107 e. The summed E-state index contributed by atoms with van der Waals surface area (Å²) in [6, 6.07) is 0. The molecule has 9 heavy (non-hydrogen) atoms. The first-order valence-electron chi connectivity index (χ1n) is 3.34. The predicted octanol–water partition coefficient (Wildman–Crippen LogP) is 1.24. The molecule has 1 atom stereocenters. The van der Waals surface area contributed by atoms with Crippen molar-refractivity contribution in [1.29, 1.82) is 0 Å². The van der Waals surface area contributed by atoms with Crippen LogP contribution in [0.15, 0.2) is 11.5 Å². The van der Waals surface area contributed by atoms with Crippen molar-refractivity contribution in [1.82, 2.24) is 0 Å². The first-order chi connectivity index (χ1) is 4.29. The monoisotopic (exact) mass is 122 g/mol. The quantitative estimate of drug-likeness (QED) is 0.475. The Bertz CT molecular complexity index is 110. The van der Waals surface area contributed by atoms with Gasteiger partial charge in [-0.05, 0) is 12.8 Å². The van der Waals surface area contributed by atoms with E-state index in [1.807, 2.05) is 13.0 Å². The van der Waals surface area contributed by atoms with Gasteiger partial charge in [-0.15, -0.1) is 5.47 Å². The van der Waals surface area contributed by atoms with Gasteiger partial charge in [0, 0.05) is 6.61 Å². The lowest BCUT2D eigenvalue weighted by molar-refractivity contribution is 0.145. The molecule has 0 aliphatic carbocycles. The number of allylic oxidation sites excluding steroid dienone is 1. The highest BCUT2D eigenvalue weighted by atomic mass is 16.5. The van der Waals surface area contributed by atoms with Gasteiger partial charge < -0.3 is 4.74 Å². The highest BCUT2D eigenvalue weighted by Gasteiger charge is 2.11. The summed E-state index contributed by atoms with van der Waals surface area (Å²) in [5, 5.41) is 0. The molecule has 1 aliphatic heterocycles. The molecule has 0 saturated carbocycles. The number of hydrogen-bond acceptors (Lipinski definition) is 1. The predicted molar refractivity (Wildman–Crippen MR) is 38.5 cm³/mol. The van der Waals surface area contributed by atoms with Crippen molar-refractivity contribution in [2.45, 2.75) is 25.9 Å². The minimum Gasteiger partial charge on any atom is -0.374 e. The van der Waals surface area contributed by atoms with Crippen LogP contribution >= 0.6 is 0 Å². The zero-order valence-corrected chi connectivity index (χ0v) is 5.76. The van der Waals surface area contributed by atoms with Crippen LogP contribution in [0.5, 0.6) is 0 Å². The molecule has 0 spiro atoms. The third-order valence-electron chi connectivity index (χ3n) is 1.41. The Kier molecular flexibility index (Phi) is 2.34. The Morgan fingerprint density at radius 1 is 1.78 bits per heavy atom. The van der Waals surface area contributed by atoms with E-state index in [1.54, 1.807) is 0 Å². The normalized spacial score (nSPS) is 29.0. The van der Waals surface area contributed by atoms with Gasteiger partial charge in [0.1, 0.15) is 7.85 Å². The molecule has 1 rings (SSSR count). The molecule has 1 aliphatic rings. The van der Waals surface area contributed by atoms with Gasteiger partial charge in [-0.25, -0.2) is 0 Å². The molecule has 1 saturated heterocycles. The summed E-state index contributed by atoms with van der Waals surface area (Å²) in [4.78, 5) is 0. The van der Waals surface area contributed by atoms with Gasteiger partial charge in [0.25, 0.3) is 0 Å². The first-order valence-corrected chi connectivity index (χ1v) is 3.34. The van der Waals surface area contributed by atoms with E-state index in [-0.39, 0.29) is 0 Å². The van der Waals surface area contributed by atoms with Crippen molar-refractivity contribution in [3.63, 3.8) is 0 Å². The van der Waals surface area contributed by atoms with Crippen LogP contribution in [0.3, 0.4) is 0 Å². The van der Waals surface area contributed by atoms with Crippen LogP contribution in [-0.2, 0) is 4.74 Å². The van der Waals surface area contributed by atoms with E-state index in [0.29, 0.717) is 6.10 Å². The summed E-state index contributed by atoms with van der Waals surface area (Å²) < 4.78 is 5.31. The molecule has 0 aromatic carbocycles. The van der Waals surface area contributed by atoms with Gasteiger partial charge in [-0.1, -0.05) is 13.0 Å². The van der Waals surface area contributed by atoms with Gasteiger partial charge >= 0.3 is 0 Å². The molecule has 0 amide bonds. The van der Waals surface area contributed by atoms with E-state index in [2.05, 4.69) is 0 Å². The Labute approximate surface area is 57.5 Å². The van der Waals surface area contributed by atoms with Crippen LogP contribution in [0.2, 0.25) is 0 Å². The molecule has 0 aromatic rings. The second-order valence-electron chi connectivity index (χ2n) is 2.46. The van der Waals surface area contributed by atoms with Gasteiger partial charge in [-0.3, -0.25) is 0 Å². The summed E-state index contributed by atoms with van der Waals surface area (Å²) in [5.41, 5.74) is 0.863. The SMILES string of the molecule is [B]/C(C)=C\C1CCCO1. The molecule has 2 heteroatoms. The van der Waals surface area contributed by atoms with E-state index in [9.17, 15) is 0 Å². The minimum absolute atomic E-state index is 0.301. The van der Waals surface area contributed by atoms with E-state index >= 15 is 0 Å². The number of rotatable bonds is 1. The molecule has 2 radical (unpaired) electrons. The highest BCUT2D eigenvalue weighted by Crippen LogP contribution is 2.13. The fourth-order valence-electron chi connectivity index (χ4n) is 1.03. The third kappa shape index (κ3) is 2.23. The lowest BCUT2D eigenvalue weighted by Crippen LogP contribution is -2.00. The Morgan fingerprint density at radius 3 is 3.00 bits per heavy atom. The molecule has 1 unspecified atom stereocenters. The fraction of sp³-hybridized carbons (Fsp3) is 0.714. The Morgan fingerprint density at radius 2 is 2.56 bits per heavy atom. The average Bonchev–Trinajstić information content (AvgIpc) is 2.15. The van der Waals surface area contributed by atoms with Crippen LogP contribution < -0.4 is 0 Å². The Balaban J connectivity index is 2.35. The lowest BCUT2D eigenvalue weighted by Gasteiger charge is -2.01. The zero-order valence-electron chi connectivity index (χ0n) is 5.76. The van der Waals surface area contributed by atoms with Crippen molar-refractivity contribution >= 4 is 7.85 Å². The van der Waals surface area contributed by atoms with Crippen LogP contribution in [0, 0.1) is 0 Å². The second kappa shape index (κ2) is 3.07. The lowest BCUT2D eigenvalue weighted by atomic mass is 9.96. The van der Waals surface area contributed by atoms with E-state index < -0.39 is 0 Å². The summed E-state index contributed by atoms with van der Waals surface area (Å²) in [7, 11) is 5.45. The second-order valence-corrected chi connectivity index (χ2v) is 2.46. The molecular formula is C7H11BO. The largest absolute Gasteiger partial charge is 0.374 e. The minimum atomic E-state index is 0.301. The molecule has 48 valence electrons. The summed E-state index contributed by atoms with van der Waals surface area (Å²) in [5.74, 6) is 0. The molecule has 0 bridgehead atoms. The summed E-state index contributed by atoms with van der Waals surface area (Å²) in [6.07, 6.45) is 4.59. The van der Waals surface area contributed by atoms with Crippen LogP contribution in [0.1, 0.15) is 19.8 Å².